The van der Waals surface area contributed by atoms with E-state index in [0.29, 0.717) is 13.2 Å². The Morgan fingerprint density at radius 2 is 1.77 bits per heavy atom. The molecule has 0 saturated carbocycles. The summed E-state index contributed by atoms with van der Waals surface area (Å²) < 4.78 is 5.72. The summed E-state index contributed by atoms with van der Waals surface area (Å²) in [6, 6.07) is 16.6. The summed E-state index contributed by atoms with van der Waals surface area (Å²) in [5.74, 6) is 0.866. The van der Waals surface area contributed by atoms with Gasteiger partial charge in [-0.15, -0.1) is 0 Å². The molecule has 0 aliphatic carbocycles. The molecule has 1 saturated heterocycles. The fourth-order valence-corrected chi connectivity index (χ4v) is 3.79. The summed E-state index contributed by atoms with van der Waals surface area (Å²) >= 11 is 0. The van der Waals surface area contributed by atoms with Crippen LogP contribution in [0.25, 0.3) is 0 Å². The molecule has 2 aliphatic rings. The van der Waals surface area contributed by atoms with Gasteiger partial charge < -0.3 is 10.1 Å². The van der Waals surface area contributed by atoms with E-state index in [1.807, 2.05) is 24.3 Å². The van der Waals surface area contributed by atoms with Gasteiger partial charge in [-0.2, -0.15) is 0 Å². The Morgan fingerprint density at radius 1 is 1.04 bits per heavy atom. The molecule has 4 rings (SSSR count). The minimum Gasteiger partial charge on any atom is -0.492 e. The molecule has 1 atom stereocenters. The summed E-state index contributed by atoms with van der Waals surface area (Å²) in [5, 5.41) is 3.06. The molecule has 136 valence electrons. The number of carbonyl (C=O) groups excluding carboxylic acids is 1. The Hall–Kier alpha value is -2.33. The molecular weight excluding hydrogens is 324 g/mol. The van der Waals surface area contributed by atoms with Gasteiger partial charge in [0.25, 0.3) is 0 Å². The van der Waals surface area contributed by atoms with Crippen LogP contribution in [-0.2, 0) is 24.3 Å². The number of benzene rings is 2. The van der Waals surface area contributed by atoms with E-state index in [4.69, 9.17) is 4.74 Å². The third-order valence-electron chi connectivity index (χ3n) is 5.34. The molecule has 1 N–H and O–H groups in total. The highest BCUT2D eigenvalue weighted by molar-refractivity contribution is 5.79. The molecule has 1 amide bonds. The molecule has 4 nitrogen and oxygen atoms in total. The maximum atomic E-state index is 12.5. The second-order valence-electron chi connectivity index (χ2n) is 7.34. The van der Waals surface area contributed by atoms with Crippen molar-refractivity contribution in [3.8, 4) is 5.75 Å². The fraction of sp³-hybridized carbons (Fsp3) is 0.409. The Bertz CT molecular complexity index is 751. The van der Waals surface area contributed by atoms with Gasteiger partial charge in [0.05, 0.1) is 5.92 Å². The Morgan fingerprint density at radius 3 is 2.58 bits per heavy atom. The maximum absolute atomic E-state index is 12.5. The number of nitrogens with one attached hydrogen (secondary N) is 1. The quantitative estimate of drug-likeness (QED) is 0.901. The van der Waals surface area contributed by atoms with Crippen molar-refractivity contribution in [2.45, 2.75) is 32.4 Å². The van der Waals surface area contributed by atoms with Crippen molar-refractivity contribution in [3.63, 3.8) is 0 Å². The van der Waals surface area contributed by atoms with Crippen molar-refractivity contribution in [3.05, 3.63) is 65.2 Å². The van der Waals surface area contributed by atoms with Crippen LogP contribution in [0.3, 0.4) is 0 Å². The average molecular weight is 350 g/mol. The lowest BCUT2D eigenvalue weighted by Gasteiger charge is -2.24. The van der Waals surface area contributed by atoms with E-state index < -0.39 is 0 Å². The summed E-state index contributed by atoms with van der Waals surface area (Å²) in [7, 11) is 0. The molecule has 0 radical (unpaired) electrons. The van der Waals surface area contributed by atoms with E-state index in [0.717, 1.165) is 29.8 Å². The standard InChI is InChI=1S/C22H26N2O2/c25-22(20-13-19-5-1-2-6-21(19)26-16-20)23-14-17-7-9-18(10-8-17)15-24-11-3-4-12-24/h1-2,5-10,20H,3-4,11-16H2,(H,23,25). The van der Waals surface area contributed by atoms with E-state index in [1.165, 1.54) is 31.5 Å². The zero-order chi connectivity index (χ0) is 17.8. The first-order valence-electron chi connectivity index (χ1n) is 9.56. The number of likely N-dealkylation sites (tertiary alicyclic amines) is 1. The number of carbonyl (C=O) groups is 1. The van der Waals surface area contributed by atoms with Crippen LogP contribution in [0.1, 0.15) is 29.5 Å². The first-order valence-corrected chi connectivity index (χ1v) is 9.56. The predicted molar refractivity (Wildman–Crippen MR) is 102 cm³/mol. The van der Waals surface area contributed by atoms with Crippen LogP contribution < -0.4 is 10.1 Å². The first-order chi connectivity index (χ1) is 12.8. The number of rotatable bonds is 5. The molecule has 1 fully saturated rings. The number of fused-ring (bicyclic) bond motifs is 1. The lowest BCUT2D eigenvalue weighted by Crippen LogP contribution is -2.37. The van der Waals surface area contributed by atoms with Crippen LogP contribution in [-0.4, -0.2) is 30.5 Å². The van der Waals surface area contributed by atoms with E-state index in [1.54, 1.807) is 0 Å². The summed E-state index contributed by atoms with van der Waals surface area (Å²) in [6.45, 7) is 4.48. The number of hydrogen-bond acceptors (Lipinski definition) is 3. The number of ether oxygens (including phenoxy) is 1. The zero-order valence-corrected chi connectivity index (χ0v) is 15.1. The van der Waals surface area contributed by atoms with Crippen molar-refractivity contribution in [1.82, 2.24) is 10.2 Å². The van der Waals surface area contributed by atoms with Crippen LogP contribution in [0.2, 0.25) is 0 Å². The molecule has 2 heterocycles. The largest absolute Gasteiger partial charge is 0.492 e. The number of hydrogen-bond donors (Lipinski definition) is 1. The monoisotopic (exact) mass is 350 g/mol. The predicted octanol–water partition coefficient (Wildman–Crippen LogP) is 3.15. The SMILES string of the molecule is O=C(NCc1ccc(CN2CCCC2)cc1)C1COc2ccccc2C1. The van der Waals surface area contributed by atoms with Gasteiger partial charge in [0.15, 0.2) is 0 Å². The lowest BCUT2D eigenvalue weighted by molar-refractivity contribution is -0.126. The van der Waals surface area contributed by atoms with Gasteiger partial charge in [-0.25, -0.2) is 0 Å². The van der Waals surface area contributed by atoms with E-state index in [2.05, 4.69) is 34.5 Å². The molecular formula is C22H26N2O2. The van der Waals surface area contributed by atoms with Gasteiger partial charge in [-0.05, 0) is 55.1 Å². The van der Waals surface area contributed by atoms with Gasteiger partial charge in [0.2, 0.25) is 5.91 Å². The van der Waals surface area contributed by atoms with Gasteiger partial charge in [-0.1, -0.05) is 42.5 Å². The van der Waals surface area contributed by atoms with Crippen molar-refractivity contribution >= 4 is 5.91 Å². The van der Waals surface area contributed by atoms with Crippen LogP contribution in [0.4, 0.5) is 0 Å². The van der Waals surface area contributed by atoms with Gasteiger partial charge in [0, 0.05) is 13.1 Å². The third kappa shape index (κ3) is 4.07. The number of para-hydroxylation sites is 1. The highest BCUT2D eigenvalue weighted by Crippen LogP contribution is 2.26. The van der Waals surface area contributed by atoms with Crippen LogP contribution in [0, 0.1) is 5.92 Å². The second-order valence-corrected chi connectivity index (χ2v) is 7.34. The average Bonchev–Trinajstić information content (AvgIpc) is 3.20. The summed E-state index contributed by atoms with van der Waals surface area (Å²) in [6.07, 6.45) is 3.38. The first kappa shape index (κ1) is 17.1. The summed E-state index contributed by atoms with van der Waals surface area (Å²) in [4.78, 5) is 15.0. The Kier molecular flexibility index (Phi) is 5.21. The smallest absolute Gasteiger partial charge is 0.227 e. The van der Waals surface area contributed by atoms with Crippen LogP contribution in [0.15, 0.2) is 48.5 Å². The van der Waals surface area contributed by atoms with Gasteiger partial charge >= 0.3 is 0 Å². The van der Waals surface area contributed by atoms with Crippen molar-refractivity contribution < 1.29 is 9.53 Å². The molecule has 2 aromatic rings. The second kappa shape index (κ2) is 7.92. The van der Waals surface area contributed by atoms with Crippen molar-refractivity contribution in [2.75, 3.05) is 19.7 Å². The van der Waals surface area contributed by atoms with Gasteiger partial charge in [-0.3, -0.25) is 9.69 Å². The molecule has 26 heavy (non-hydrogen) atoms. The van der Waals surface area contributed by atoms with Crippen LogP contribution in [0.5, 0.6) is 5.75 Å². The van der Waals surface area contributed by atoms with E-state index >= 15 is 0 Å². The van der Waals surface area contributed by atoms with E-state index in [9.17, 15) is 4.79 Å². The third-order valence-corrected chi connectivity index (χ3v) is 5.34. The Balaban J connectivity index is 1.28. The number of amides is 1. The molecule has 0 spiro atoms. The van der Waals surface area contributed by atoms with Crippen LogP contribution >= 0.6 is 0 Å². The molecule has 0 bridgehead atoms. The van der Waals surface area contributed by atoms with Crippen molar-refractivity contribution in [1.29, 1.82) is 0 Å². The molecule has 2 aliphatic heterocycles. The minimum atomic E-state index is -0.112. The Labute approximate surface area is 155 Å². The summed E-state index contributed by atoms with van der Waals surface area (Å²) in [5.41, 5.74) is 3.60. The zero-order valence-electron chi connectivity index (χ0n) is 15.1. The number of nitrogens with zero attached hydrogens (tertiary/aromatic N) is 1. The highest BCUT2D eigenvalue weighted by Gasteiger charge is 2.25. The fourth-order valence-electron chi connectivity index (χ4n) is 3.79. The van der Waals surface area contributed by atoms with Gasteiger partial charge in [0.1, 0.15) is 12.4 Å². The topological polar surface area (TPSA) is 41.6 Å². The highest BCUT2D eigenvalue weighted by atomic mass is 16.5. The molecule has 1 unspecified atom stereocenters. The molecule has 2 aromatic carbocycles. The lowest BCUT2D eigenvalue weighted by atomic mass is 9.96. The van der Waals surface area contributed by atoms with Crippen molar-refractivity contribution in [2.24, 2.45) is 5.92 Å². The molecule has 4 heteroatoms. The van der Waals surface area contributed by atoms with E-state index in [-0.39, 0.29) is 11.8 Å². The minimum absolute atomic E-state index is 0.0700. The maximum Gasteiger partial charge on any atom is 0.227 e. The normalized spacial score (nSPS) is 19.6. The molecule has 0 aromatic heterocycles.